The number of hydrogen-bond acceptors (Lipinski definition) is 5. The first-order valence-electron chi connectivity index (χ1n) is 16.5. The van der Waals surface area contributed by atoms with Gasteiger partial charge in [-0.1, -0.05) is 37.5 Å². The van der Waals surface area contributed by atoms with Crippen LogP contribution in [0.1, 0.15) is 91.2 Å². The van der Waals surface area contributed by atoms with Gasteiger partial charge in [0.2, 0.25) is 0 Å². The summed E-state index contributed by atoms with van der Waals surface area (Å²) < 4.78 is 80.7. The third kappa shape index (κ3) is 9.75. The lowest BCUT2D eigenvalue weighted by Gasteiger charge is -2.42. The highest BCUT2D eigenvalue weighted by atomic mass is 19.4. The van der Waals surface area contributed by atoms with Crippen molar-refractivity contribution < 1.29 is 31.1 Å². The van der Waals surface area contributed by atoms with Crippen LogP contribution in [0.5, 0.6) is 0 Å². The van der Waals surface area contributed by atoms with Gasteiger partial charge in [-0.2, -0.15) is 26.3 Å². The van der Waals surface area contributed by atoms with Crippen LogP contribution < -0.4 is 0 Å². The summed E-state index contributed by atoms with van der Waals surface area (Å²) in [6.45, 7) is 8.43. The minimum Gasteiger partial charge on any atom is -0.313 e. The minimum absolute atomic E-state index is 0.0324. The summed E-state index contributed by atoms with van der Waals surface area (Å²) in [5.41, 5.74) is -1.46. The maximum atomic E-state index is 13.5. The average Bonchev–Trinajstić information content (AvgIpc) is 3.03. The van der Waals surface area contributed by atoms with Gasteiger partial charge in [-0.25, -0.2) is 0 Å². The van der Waals surface area contributed by atoms with Crippen molar-refractivity contribution in [2.45, 2.75) is 102 Å². The number of piperazine rings is 1. The molecule has 258 valence electrons. The zero-order valence-electron chi connectivity index (χ0n) is 27.3. The standard InChI is InChI=1S/C36H46F6N4O/c1-25-9-10-28(19-26(25)2)34(11-6-13-43,12-14-45-15-17-46(18-16-45)31-7-4-3-5-8-31)24-32(44)33(47)22-27-20-29(35(37,38)39)23-30(21-27)36(40,41)42/h9-10,13,19-21,23,31,43-44H,3-8,11-12,14-18,22,24H2,1-2H3/t34-/m0/s1. The molecule has 0 unspecified atom stereocenters. The van der Waals surface area contributed by atoms with E-state index in [9.17, 15) is 31.1 Å². The molecule has 2 aromatic rings. The van der Waals surface area contributed by atoms with Crippen molar-refractivity contribution in [3.8, 4) is 0 Å². The molecule has 0 aromatic heterocycles. The van der Waals surface area contributed by atoms with E-state index < -0.39 is 46.7 Å². The van der Waals surface area contributed by atoms with Gasteiger partial charge in [-0.05, 0) is 99.2 Å². The van der Waals surface area contributed by atoms with Crippen LogP contribution in [0.4, 0.5) is 26.3 Å². The molecule has 0 spiro atoms. The highest BCUT2D eigenvalue weighted by molar-refractivity contribution is 6.39. The minimum atomic E-state index is -5.03. The molecule has 2 fully saturated rings. The largest absolute Gasteiger partial charge is 0.416 e. The molecule has 2 N–H and O–H groups in total. The fourth-order valence-corrected chi connectivity index (χ4v) is 7.13. The number of Topliss-reactive ketones (excluding diaryl/α,β-unsaturated/α-hetero) is 1. The van der Waals surface area contributed by atoms with Crippen molar-refractivity contribution in [1.82, 2.24) is 9.80 Å². The van der Waals surface area contributed by atoms with Gasteiger partial charge >= 0.3 is 12.4 Å². The van der Waals surface area contributed by atoms with E-state index >= 15 is 0 Å². The zero-order chi connectivity index (χ0) is 34.4. The topological polar surface area (TPSA) is 71.2 Å². The number of hydrogen-bond donors (Lipinski definition) is 2. The Bertz CT molecular complexity index is 1370. The van der Waals surface area contributed by atoms with E-state index in [1.807, 2.05) is 32.0 Å². The van der Waals surface area contributed by atoms with Gasteiger partial charge in [-0.15, -0.1) is 0 Å². The molecule has 0 radical (unpaired) electrons. The second kappa shape index (κ2) is 15.4. The van der Waals surface area contributed by atoms with Crippen molar-refractivity contribution in [3.05, 3.63) is 69.8 Å². The summed E-state index contributed by atoms with van der Waals surface area (Å²) in [7, 11) is 0. The Morgan fingerprint density at radius 1 is 0.830 bits per heavy atom. The van der Waals surface area contributed by atoms with E-state index in [0.29, 0.717) is 44.0 Å². The monoisotopic (exact) mass is 664 g/mol. The predicted octanol–water partition coefficient (Wildman–Crippen LogP) is 8.57. The van der Waals surface area contributed by atoms with E-state index in [-0.39, 0.29) is 18.2 Å². The molecular formula is C36H46F6N4O. The molecule has 11 heteroatoms. The number of carbonyl (C=O) groups excluding carboxylic acids is 1. The molecular weight excluding hydrogens is 618 g/mol. The molecule has 1 aliphatic heterocycles. The van der Waals surface area contributed by atoms with Crippen LogP contribution in [0.25, 0.3) is 0 Å². The molecule has 0 amide bonds. The van der Waals surface area contributed by atoms with Crippen molar-refractivity contribution in [3.63, 3.8) is 0 Å². The van der Waals surface area contributed by atoms with Crippen LogP contribution in [-0.4, -0.2) is 66.3 Å². The van der Waals surface area contributed by atoms with Crippen LogP contribution in [0.15, 0.2) is 36.4 Å². The normalized spacial score (nSPS) is 18.6. The third-order valence-corrected chi connectivity index (χ3v) is 10.2. The quantitative estimate of drug-likeness (QED) is 0.167. The second-order valence-electron chi connectivity index (χ2n) is 13.4. The number of aryl methyl sites for hydroxylation is 2. The zero-order valence-corrected chi connectivity index (χ0v) is 27.3. The van der Waals surface area contributed by atoms with Crippen molar-refractivity contribution in [2.24, 2.45) is 0 Å². The maximum Gasteiger partial charge on any atom is 0.416 e. The number of rotatable bonds is 13. The summed E-state index contributed by atoms with van der Waals surface area (Å²) in [5, 5.41) is 16.6. The fourth-order valence-electron chi connectivity index (χ4n) is 7.13. The Hall–Kier alpha value is -3.05. The lowest BCUT2D eigenvalue weighted by atomic mass is 9.69. The van der Waals surface area contributed by atoms with E-state index in [4.69, 9.17) is 10.8 Å². The van der Waals surface area contributed by atoms with Gasteiger partial charge in [-0.3, -0.25) is 9.69 Å². The van der Waals surface area contributed by atoms with Gasteiger partial charge in [0, 0.05) is 50.5 Å². The fraction of sp³-hybridized carbons (Fsp3) is 0.583. The first kappa shape index (κ1) is 36.8. The molecule has 0 bridgehead atoms. The maximum absolute atomic E-state index is 13.5. The lowest BCUT2D eigenvalue weighted by Crippen LogP contribution is -2.51. The van der Waals surface area contributed by atoms with Crippen molar-refractivity contribution >= 4 is 17.7 Å². The first-order valence-corrected chi connectivity index (χ1v) is 16.5. The van der Waals surface area contributed by atoms with Gasteiger partial charge in [0.1, 0.15) is 0 Å². The van der Waals surface area contributed by atoms with Crippen molar-refractivity contribution in [1.29, 1.82) is 10.8 Å². The van der Waals surface area contributed by atoms with Crippen LogP contribution in [0.2, 0.25) is 0 Å². The average molecular weight is 665 g/mol. The van der Waals surface area contributed by atoms with Gasteiger partial charge < -0.3 is 15.7 Å². The molecule has 1 heterocycles. The third-order valence-electron chi connectivity index (χ3n) is 10.2. The summed E-state index contributed by atoms with van der Waals surface area (Å²) in [5.74, 6) is -0.818. The van der Waals surface area contributed by atoms with Crippen LogP contribution in [0, 0.1) is 24.7 Å². The number of nitrogens with one attached hydrogen (secondary N) is 2. The van der Waals surface area contributed by atoms with E-state index in [1.165, 1.54) is 38.3 Å². The molecule has 1 saturated carbocycles. The van der Waals surface area contributed by atoms with E-state index in [1.54, 1.807) is 0 Å². The molecule has 5 nitrogen and oxygen atoms in total. The molecule has 1 atom stereocenters. The van der Waals surface area contributed by atoms with Gasteiger partial charge in [0.05, 0.1) is 16.8 Å². The molecule has 2 aliphatic rings. The van der Waals surface area contributed by atoms with E-state index in [0.717, 1.165) is 42.9 Å². The number of ketones is 1. The lowest BCUT2D eigenvalue weighted by molar-refractivity contribution is -0.143. The van der Waals surface area contributed by atoms with Crippen molar-refractivity contribution in [2.75, 3.05) is 32.7 Å². The molecule has 2 aromatic carbocycles. The molecule has 47 heavy (non-hydrogen) atoms. The Kier molecular flexibility index (Phi) is 12.1. The van der Waals surface area contributed by atoms with Crippen LogP contribution >= 0.6 is 0 Å². The number of nitrogens with zero attached hydrogens (tertiary/aromatic N) is 2. The van der Waals surface area contributed by atoms with E-state index in [2.05, 4.69) is 9.80 Å². The van der Waals surface area contributed by atoms with Crippen LogP contribution in [0.3, 0.4) is 0 Å². The number of carbonyl (C=O) groups is 1. The summed E-state index contributed by atoms with van der Waals surface area (Å²) >= 11 is 0. The van der Waals surface area contributed by atoms with Gasteiger partial charge in [0.25, 0.3) is 0 Å². The summed E-state index contributed by atoms with van der Waals surface area (Å²) in [4.78, 5) is 18.4. The summed E-state index contributed by atoms with van der Waals surface area (Å²) in [6.07, 6.45) is -1.74. The highest BCUT2D eigenvalue weighted by Gasteiger charge is 2.38. The Morgan fingerprint density at radius 3 is 2.00 bits per heavy atom. The molecule has 1 aliphatic carbocycles. The second-order valence-corrected chi connectivity index (χ2v) is 13.4. The van der Waals surface area contributed by atoms with Crippen LogP contribution in [-0.2, 0) is 29.0 Å². The highest BCUT2D eigenvalue weighted by Crippen LogP contribution is 2.40. The Balaban J connectivity index is 1.56. The first-order chi connectivity index (χ1) is 22.1. The number of alkyl halides is 6. The Labute approximate surface area is 273 Å². The van der Waals surface area contributed by atoms with Gasteiger partial charge in [0.15, 0.2) is 5.78 Å². The molecule has 1 saturated heterocycles. The number of benzene rings is 2. The molecule has 4 rings (SSSR count). The predicted molar refractivity (Wildman–Crippen MR) is 173 cm³/mol. The summed E-state index contributed by atoms with van der Waals surface area (Å²) in [6, 6.07) is 7.80. The Morgan fingerprint density at radius 2 is 1.45 bits per heavy atom. The number of halogens is 6. The SMILES string of the molecule is Cc1ccc([C@@](CCC=N)(CCN2CCN(C3CCCCC3)CC2)CC(=N)C(=O)Cc2cc(C(F)(F)F)cc(C(F)(F)F)c2)cc1C. The smallest absolute Gasteiger partial charge is 0.313 e.